The number of hydrogen-bond acceptors (Lipinski definition) is 3. The molecule has 2 heterocycles. The molecule has 0 bridgehead atoms. The van der Waals surface area contributed by atoms with E-state index >= 15 is 0 Å². The van der Waals surface area contributed by atoms with Gasteiger partial charge in [-0.2, -0.15) is 0 Å². The van der Waals surface area contributed by atoms with Crippen molar-refractivity contribution in [2.24, 2.45) is 5.92 Å². The van der Waals surface area contributed by atoms with Crippen LogP contribution in [-0.4, -0.2) is 28.0 Å². The Bertz CT molecular complexity index is 289. The Morgan fingerprint density at radius 3 is 3.14 bits per heavy atom. The van der Waals surface area contributed by atoms with Crippen LogP contribution in [0.4, 0.5) is 0 Å². The Balaban J connectivity index is 2.12. The predicted molar refractivity (Wildman–Crippen MR) is 53.0 cm³/mol. The van der Waals surface area contributed by atoms with E-state index in [1.807, 2.05) is 6.33 Å². The maximum Gasteiger partial charge on any atom is 0.138 e. The van der Waals surface area contributed by atoms with E-state index in [0.29, 0.717) is 11.8 Å². The van der Waals surface area contributed by atoms with Gasteiger partial charge in [0, 0.05) is 19.1 Å². The first-order chi connectivity index (χ1) is 6.77. The maximum absolute atomic E-state index is 5.36. The number of ether oxygens (including phenoxy) is 1. The van der Waals surface area contributed by atoms with Crippen LogP contribution in [0, 0.1) is 5.92 Å². The molecule has 1 aromatic heterocycles. The van der Waals surface area contributed by atoms with E-state index in [4.69, 9.17) is 4.74 Å². The number of aromatic nitrogens is 3. The fraction of sp³-hybridized carbons (Fsp3) is 0.800. The number of nitrogens with zero attached hydrogens (tertiary/aromatic N) is 3. The lowest BCUT2D eigenvalue weighted by atomic mass is 10.1. The molecule has 0 spiro atoms. The molecule has 0 N–H and O–H groups in total. The van der Waals surface area contributed by atoms with E-state index in [0.717, 1.165) is 32.0 Å². The van der Waals surface area contributed by atoms with Gasteiger partial charge in [-0.15, -0.1) is 10.2 Å². The van der Waals surface area contributed by atoms with Crippen LogP contribution in [0.25, 0.3) is 0 Å². The van der Waals surface area contributed by atoms with Crippen molar-refractivity contribution in [1.29, 1.82) is 0 Å². The van der Waals surface area contributed by atoms with E-state index in [-0.39, 0.29) is 0 Å². The summed E-state index contributed by atoms with van der Waals surface area (Å²) in [4.78, 5) is 0. The fourth-order valence-corrected chi connectivity index (χ4v) is 1.85. The zero-order valence-corrected chi connectivity index (χ0v) is 8.81. The third-order valence-electron chi connectivity index (χ3n) is 2.50. The summed E-state index contributed by atoms with van der Waals surface area (Å²) in [6, 6.07) is 0. The smallest absolute Gasteiger partial charge is 0.138 e. The molecule has 1 atom stereocenters. The second kappa shape index (κ2) is 4.09. The molecule has 0 aliphatic carbocycles. The first-order valence-electron chi connectivity index (χ1n) is 5.23. The standard InChI is InChI=1S/C10H17N3O/c1-8(2)5-13-7-11-12-10(13)9-3-4-14-6-9/h7-9H,3-6H2,1-2H3. The van der Waals surface area contributed by atoms with Crippen molar-refractivity contribution in [2.45, 2.75) is 32.7 Å². The van der Waals surface area contributed by atoms with Crippen LogP contribution in [0.2, 0.25) is 0 Å². The minimum atomic E-state index is 0.455. The molecule has 0 radical (unpaired) electrons. The van der Waals surface area contributed by atoms with Crippen molar-refractivity contribution in [3.05, 3.63) is 12.2 Å². The van der Waals surface area contributed by atoms with Gasteiger partial charge in [0.2, 0.25) is 0 Å². The lowest BCUT2D eigenvalue weighted by Gasteiger charge is -2.11. The van der Waals surface area contributed by atoms with Crippen LogP contribution in [-0.2, 0) is 11.3 Å². The Hall–Kier alpha value is -0.900. The summed E-state index contributed by atoms with van der Waals surface area (Å²) in [7, 11) is 0. The summed E-state index contributed by atoms with van der Waals surface area (Å²) in [5.74, 6) is 2.18. The van der Waals surface area contributed by atoms with Gasteiger partial charge in [-0.3, -0.25) is 0 Å². The molecule has 1 aromatic rings. The third kappa shape index (κ3) is 1.95. The van der Waals surface area contributed by atoms with E-state index in [1.165, 1.54) is 0 Å². The van der Waals surface area contributed by atoms with Gasteiger partial charge in [0.1, 0.15) is 12.2 Å². The van der Waals surface area contributed by atoms with Crippen molar-refractivity contribution in [3.8, 4) is 0 Å². The molecule has 1 aliphatic heterocycles. The van der Waals surface area contributed by atoms with Crippen LogP contribution < -0.4 is 0 Å². The monoisotopic (exact) mass is 195 g/mol. The minimum Gasteiger partial charge on any atom is -0.381 e. The normalized spacial score (nSPS) is 22.1. The Kier molecular flexibility index (Phi) is 2.82. The highest BCUT2D eigenvalue weighted by molar-refractivity contribution is 4.98. The summed E-state index contributed by atoms with van der Waals surface area (Å²) in [5, 5.41) is 8.16. The third-order valence-corrected chi connectivity index (χ3v) is 2.50. The summed E-state index contributed by atoms with van der Waals surface area (Å²) in [6.07, 6.45) is 2.91. The van der Waals surface area contributed by atoms with Crippen LogP contribution in [0.3, 0.4) is 0 Å². The van der Waals surface area contributed by atoms with Gasteiger partial charge in [-0.1, -0.05) is 13.8 Å². The van der Waals surface area contributed by atoms with E-state index in [1.54, 1.807) is 0 Å². The van der Waals surface area contributed by atoms with Gasteiger partial charge >= 0.3 is 0 Å². The lowest BCUT2D eigenvalue weighted by molar-refractivity contribution is 0.192. The lowest BCUT2D eigenvalue weighted by Crippen LogP contribution is -2.11. The summed E-state index contributed by atoms with van der Waals surface area (Å²) < 4.78 is 7.52. The Morgan fingerprint density at radius 2 is 2.50 bits per heavy atom. The first kappa shape index (κ1) is 9.65. The molecular formula is C10H17N3O. The van der Waals surface area contributed by atoms with Gasteiger partial charge in [-0.25, -0.2) is 0 Å². The highest BCUT2D eigenvalue weighted by Gasteiger charge is 2.22. The molecule has 78 valence electrons. The molecule has 1 unspecified atom stereocenters. The Morgan fingerprint density at radius 1 is 1.64 bits per heavy atom. The number of rotatable bonds is 3. The highest BCUT2D eigenvalue weighted by Crippen LogP contribution is 2.23. The van der Waals surface area contributed by atoms with E-state index in [9.17, 15) is 0 Å². The van der Waals surface area contributed by atoms with Crippen molar-refractivity contribution < 1.29 is 4.74 Å². The van der Waals surface area contributed by atoms with Crippen molar-refractivity contribution in [1.82, 2.24) is 14.8 Å². The average Bonchev–Trinajstić information content (AvgIpc) is 2.70. The van der Waals surface area contributed by atoms with E-state index in [2.05, 4.69) is 28.6 Å². The minimum absolute atomic E-state index is 0.455. The zero-order chi connectivity index (χ0) is 9.97. The van der Waals surface area contributed by atoms with Gasteiger partial charge in [-0.05, 0) is 12.3 Å². The van der Waals surface area contributed by atoms with Crippen LogP contribution in [0.15, 0.2) is 6.33 Å². The second-order valence-corrected chi connectivity index (χ2v) is 4.30. The second-order valence-electron chi connectivity index (χ2n) is 4.30. The van der Waals surface area contributed by atoms with Crippen LogP contribution >= 0.6 is 0 Å². The van der Waals surface area contributed by atoms with Gasteiger partial charge in [0.15, 0.2) is 0 Å². The predicted octanol–water partition coefficient (Wildman–Crippen LogP) is 1.44. The van der Waals surface area contributed by atoms with Crippen LogP contribution in [0.1, 0.15) is 32.0 Å². The topological polar surface area (TPSA) is 39.9 Å². The summed E-state index contributed by atoms with van der Waals surface area (Å²) >= 11 is 0. The van der Waals surface area contributed by atoms with Gasteiger partial charge < -0.3 is 9.30 Å². The molecule has 2 rings (SSSR count). The molecule has 0 saturated carbocycles. The molecular weight excluding hydrogens is 178 g/mol. The molecule has 0 amide bonds. The molecule has 4 nitrogen and oxygen atoms in total. The molecule has 4 heteroatoms. The quantitative estimate of drug-likeness (QED) is 0.732. The largest absolute Gasteiger partial charge is 0.381 e. The van der Waals surface area contributed by atoms with Crippen LogP contribution in [0.5, 0.6) is 0 Å². The fourth-order valence-electron chi connectivity index (χ4n) is 1.85. The Labute approximate surface area is 84.3 Å². The van der Waals surface area contributed by atoms with E-state index < -0.39 is 0 Å². The molecule has 1 fully saturated rings. The van der Waals surface area contributed by atoms with Crippen molar-refractivity contribution in [2.75, 3.05) is 13.2 Å². The first-order valence-corrected chi connectivity index (χ1v) is 5.23. The summed E-state index contributed by atoms with van der Waals surface area (Å²) in [5.41, 5.74) is 0. The van der Waals surface area contributed by atoms with Gasteiger partial charge in [0.05, 0.1) is 6.61 Å². The van der Waals surface area contributed by atoms with Gasteiger partial charge in [0.25, 0.3) is 0 Å². The zero-order valence-electron chi connectivity index (χ0n) is 8.81. The molecule has 0 aromatic carbocycles. The van der Waals surface area contributed by atoms with Crippen molar-refractivity contribution >= 4 is 0 Å². The maximum atomic E-state index is 5.36. The van der Waals surface area contributed by atoms with Crippen molar-refractivity contribution in [3.63, 3.8) is 0 Å². The molecule has 1 saturated heterocycles. The molecule has 1 aliphatic rings. The average molecular weight is 195 g/mol. The summed E-state index contributed by atoms with van der Waals surface area (Å²) in [6.45, 7) is 7.07. The highest BCUT2D eigenvalue weighted by atomic mass is 16.5. The number of hydrogen-bond donors (Lipinski definition) is 0. The molecule has 14 heavy (non-hydrogen) atoms. The SMILES string of the molecule is CC(C)Cn1cnnc1C1CCOC1.